The van der Waals surface area contributed by atoms with Crippen molar-refractivity contribution in [1.82, 2.24) is 20.4 Å². The molecule has 1 heterocycles. The van der Waals surface area contributed by atoms with E-state index >= 15 is 0 Å². The number of para-hydroxylation sites is 1. The van der Waals surface area contributed by atoms with Crippen LogP contribution in [0.1, 0.15) is 18.2 Å². The second kappa shape index (κ2) is 6.65. The van der Waals surface area contributed by atoms with Gasteiger partial charge in [-0.2, -0.15) is 0 Å². The molecule has 2 rings (SSSR count). The smallest absolute Gasteiger partial charge is 0.153 e. The average molecular weight is 326 g/mol. The minimum absolute atomic E-state index is 0.0712. The number of ether oxygens (including phenoxy) is 1. The Bertz CT molecular complexity index is 497. The van der Waals surface area contributed by atoms with E-state index in [2.05, 4.69) is 31.7 Å². The summed E-state index contributed by atoms with van der Waals surface area (Å²) >= 11 is 3.36. The Hall–Kier alpha value is -1.44. The third-order valence-corrected chi connectivity index (χ3v) is 3.34. The minimum atomic E-state index is -0.0712. The number of hydrazine groups is 1. The van der Waals surface area contributed by atoms with E-state index in [1.807, 2.05) is 37.4 Å². The fourth-order valence-electron chi connectivity index (χ4n) is 1.82. The van der Waals surface area contributed by atoms with Crippen molar-refractivity contribution in [3.63, 3.8) is 0 Å². The lowest BCUT2D eigenvalue weighted by atomic mass is 10.1. The first-order valence-corrected chi connectivity index (χ1v) is 6.70. The normalized spacial score (nSPS) is 12.4. The number of hydrogen-bond acceptors (Lipinski definition) is 5. The molecule has 2 aromatic rings. The number of benzene rings is 1. The lowest BCUT2D eigenvalue weighted by Crippen LogP contribution is -2.31. The molecule has 0 fully saturated rings. The van der Waals surface area contributed by atoms with Crippen LogP contribution in [0.15, 0.2) is 34.9 Å². The Labute approximate surface area is 120 Å². The summed E-state index contributed by atoms with van der Waals surface area (Å²) in [6.45, 7) is 0.552. The predicted octanol–water partition coefficient (Wildman–Crippen LogP) is 1.55. The van der Waals surface area contributed by atoms with Crippen LogP contribution in [0.2, 0.25) is 0 Å². The molecule has 0 spiro atoms. The summed E-state index contributed by atoms with van der Waals surface area (Å²) in [5, 5.41) is 7.88. The van der Waals surface area contributed by atoms with E-state index in [0.717, 1.165) is 11.4 Å². The van der Waals surface area contributed by atoms with Gasteiger partial charge in [0, 0.05) is 13.5 Å². The van der Waals surface area contributed by atoms with Crippen molar-refractivity contribution in [3.05, 3.63) is 40.6 Å². The molecule has 0 radical (unpaired) electrons. The predicted molar refractivity (Wildman–Crippen MR) is 75.3 cm³/mol. The summed E-state index contributed by atoms with van der Waals surface area (Å²) in [6, 6.07) is 9.61. The number of nitrogens with zero attached hydrogens (tertiary/aromatic N) is 3. The fraction of sp³-hybridized carbons (Fsp3) is 0.333. The number of nitrogens with one attached hydrogen (secondary N) is 1. The number of rotatable bonds is 6. The SMILES string of the molecule is Cn1nnc(Br)c1C(CCOc1ccccc1)NN. The Balaban J connectivity index is 1.94. The third-order valence-electron chi connectivity index (χ3n) is 2.78. The van der Waals surface area contributed by atoms with E-state index in [1.165, 1.54) is 0 Å². The molecule has 0 saturated carbocycles. The summed E-state index contributed by atoms with van der Waals surface area (Å²) in [4.78, 5) is 0. The Morgan fingerprint density at radius 2 is 2.16 bits per heavy atom. The fourth-order valence-corrected chi connectivity index (χ4v) is 2.42. The van der Waals surface area contributed by atoms with Gasteiger partial charge in [0.25, 0.3) is 0 Å². The molecule has 6 nitrogen and oxygen atoms in total. The monoisotopic (exact) mass is 325 g/mol. The molecule has 7 heteroatoms. The summed E-state index contributed by atoms with van der Waals surface area (Å²) in [7, 11) is 1.83. The first kappa shape index (κ1) is 14.0. The molecule has 1 aromatic carbocycles. The van der Waals surface area contributed by atoms with Crippen LogP contribution >= 0.6 is 15.9 Å². The maximum absolute atomic E-state index is 5.66. The number of hydrogen-bond donors (Lipinski definition) is 2. The Morgan fingerprint density at radius 3 is 2.74 bits per heavy atom. The van der Waals surface area contributed by atoms with Gasteiger partial charge in [0.05, 0.1) is 18.3 Å². The van der Waals surface area contributed by atoms with Crippen molar-refractivity contribution in [2.45, 2.75) is 12.5 Å². The van der Waals surface area contributed by atoms with E-state index in [-0.39, 0.29) is 6.04 Å². The van der Waals surface area contributed by atoms with Crippen LogP contribution in [-0.4, -0.2) is 21.6 Å². The zero-order chi connectivity index (χ0) is 13.7. The second-order valence-corrected chi connectivity index (χ2v) is 4.81. The van der Waals surface area contributed by atoms with Crippen molar-refractivity contribution in [3.8, 4) is 5.75 Å². The van der Waals surface area contributed by atoms with E-state index in [9.17, 15) is 0 Å². The van der Waals surface area contributed by atoms with Gasteiger partial charge in [0.15, 0.2) is 4.60 Å². The number of aryl methyl sites for hydroxylation is 1. The van der Waals surface area contributed by atoms with Crippen LogP contribution in [0, 0.1) is 0 Å². The van der Waals surface area contributed by atoms with Crippen LogP contribution in [0.3, 0.4) is 0 Å². The highest BCUT2D eigenvalue weighted by atomic mass is 79.9. The molecule has 0 saturated heterocycles. The van der Waals surface area contributed by atoms with Gasteiger partial charge in [0.2, 0.25) is 0 Å². The molecule has 3 N–H and O–H groups in total. The van der Waals surface area contributed by atoms with Gasteiger partial charge in [-0.3, -0.25) is 11.3 Å². The van der Waals surface area contributed by atoms with Gasteiger partial charge >= 0.3 is 0 Å². The summed E-state index contributed by atoms with van der Waals surface area (Å²) in [5.41, 5.74) is 3.66. The van der Waals surface area contributed by atoms with Gasteiger partial charge in [-0.05, 0) is 28.1 Å². The van der Waals surface area contributed by atoms with E-state index in [4.69, 9.17) is 10.6 Å². The van der Waals surface area contributed by atoms with Crippen molar-refractivity contribution < 1.29 is 4.74 Å². The number of nitrogens with two attached hydrogens (primary N) is 1. The van der Waals surface area contributed by atoms with Crippen molar-refractivity contribution in [1.29, 1.82) is 0 Å². The number of halogens is 1. The Kier molecular flexibility index (Phi) is 4.89. The van der Waals surface area contributed by atoms with Crippen LogP contribution in [0.25, 0.3) is 0 Å². The van der Waals surface area contributed by atoms with Crippen molar-refractivity contribution >= 4 is 15.9 Å². The molecule has 1 atom stereocenters. The molecule has 102 valence electrons. The van der Waals surface area contributed by atoms with E-state index in [1.54, 1.807) is 4.68 Å². The summed E-state index contributed by atoms with van der Waals surface area (Å²) in [5.74, 6) is 6.43. The molecule has 0 aliphatic heterocycles. The number of aromatic nitrogens is 3. The lowest BCUT2D eigenvalue weighted by Gasteiger charge is -2.16. The summed E-state index contributed by atoms with van der Waals surface area (Å²) in [6.07, 6.45) is 0.713. The largest absolute Gasteiger partial charge is 0.494 e. The van der Waals surface area contributed by atoms with Gasteiger partial charge < -0.3 is 4.74 Å². The first-order valence-electron chi connectivity index (χ1n) is 5.91. The minimum Gasteiger partial charge on any atom is -0.494 e. The lowest BCUT2D eigenvalue weighted by molar-refractivity contribution is 0.283. The molecular formula is C12H16BrN5O. The average Bonchev–Trinajstić information content (AvgIpc) is 2.76. The van der Waals surface area contributed by atoms with Crippen molar-refractivity contribution in [2.24, 2.45) is 12.9 Å². The van der Waals surface area contributed by atoms with E-state index in [0.29, 0.717) is 17.6 Å². The molecule has 1 unspecified atom stereocenters. The van der Waals surface area contributed by atoms with Gasteiger partial charge in [0.1, 0.15) is 5.75 Å². The van der Waals surface area contributed by atoms with E-state index < -0.39 is 0 Å². The van der Waals surface area contributed by atoms with Crippen molar-refractivity contribution in [2.75, 3.05) is 6.61 Å². The van der Waals surface area contributed by atoms with Gasteiger partial charge in [-0.25, -0.2) is 4.68 Å². The molecule has 0 amide bonds. The molecule has 1 aromatic heterocycles. The topological polar surface area (TPSA) is 78.0 Å². The van der Waals surface area contributed by atoms with Crippen LogP contribution in [0.5, 0.6) is 5.75 Å². The molecule has 19 heavy (non-hydrogen) atoms. The van der Waals surface area contributed by atoms with Crippen LogP contribution < -0.4 is 16.0 Å². The second-order valence-electron chi connectivity index (χ2n) is 4.06. The zero-order valence-corrected chi connectivity index (χ0v) is 12.2. The van der Waals surface area contributed by atoms with Crippen LogP contribution in [0.4, 0.5) is 0 Å². The molecular weight excluding hydrogens is 310 g/mol. The maximum atomic E-state index is 5.66. The highest BCUT2D eigenvalue weighted by Crippen LogP contribution is 2.22. The molecule has 0 bridgehead atoms. The standard InChI is InChI=1S/C12H16BrN5O/c1-18-11(12(13)16-17-18)10(15-14)7-8-19-9-5-3-2-4-6-9/h2-6,10,15H,7-8,14H2,1H3. The highest BCUT2D eigenvalue weighted by Gasteiger charge is 2.18. The van der Waals surface area contributed by atoms with Gasteiger partial charge in [-0.15, -0.1) is 5.10 Å². The summed E-state index contributed by atoms with van der Waals surface area (Å²) < 4.78 is 8.04. The zero-order valence-electron chi connectivity index (χ0n) is 10.6. The quantitative estimate of drug-likeness (QED) is 0.622. The third kappa shape index (κ3) is 3.52. The maximum Gasteiger partial charge on any atom is 0.153 e. The highest BCUT2D eigenvalue weighted by molar-refractivity contribution is 9.10. The molecule has 0 aliphatic rings. The Morgan fingerprint density at radius 1 is 1.42 bits per heavy atom. The molecule has 0 aliphatic carbocycles. The first-order chi connectivity index (χ1) is 9.22. The van der Waals surface area contributed by atoms with Crippen LogP contribution in [-0.2, 0) is 7.05 Å². The van der Waals surface area contributed by atoms with Gasteiger partial charge in [-0.1, -0.05) is 23.4 Å².